The molecular weight excluding hydrogens is 398 g/mol. The van der Waals surface area contributed by atoms with Crippen molar-refractivity contribution in [3.05, 3.63) is 70.2 Å². The summed E-state index contributed by atoms with van der Waals surface area (Å²) in [7, 11) is 4.74. The maximum Gasteiger partial charge on any atom is 0.276 e. The number of anilines is 1. The van der Waals surface area contributed by atoms with E-state index in [0.717, 1.165) is 10.5 Å². The van der Waals surface area contributed by atoms with Gasteiger partial charge >= 0.3 is 0 Å². The number of hydrogen-bond donors (Lipinski definition) is 0. The van der Waals surface area contributed by atoms with Crippen LogP contribution in [0.5, 0.6) is 11.5 Å². The quantitative estimate of drug-likeness (QED) is 0.593. The van der Waals surface area contributed by atoms with Crippen LogP contribution in [0.25, 0.3) is 23.2 Å². The van der Waals surface area contributed by atoms with Gasteiger partial charge in [0.2, 0.25) is 0 Å². The van der Waals surface area contributed by atoms with E-state index in [1.165, 1.54) is 30.9 Å². The second-order valence-corrected chi connectivity index (χ2v) is 6.83. The van der Waals surface area contributed by atoms with Gasteiger partial charge in [-0.05, 0) is 23.8 Å². The zero-order valence-corrected chi connectivity index (χ0v) is 17.2. The monoisotopic (exact) mass is 417 g/mol. The summed E-state index contributed by atoms with van der Waals surface area (Å²) in [5.41, 5.74) is 2.49. The van der Waals surface area contributed by atoms with E-state index in [2.05, 4.69) is 4.98 Å². The second kappa shape index (κ2) is 7.91. The van der Waals surface area contributed by atoms with Gasteiger partial charge in [-0.15, -0.1) is 0 Å². The number of fused-ring (bicyclic) bond motifs is 1. The number of aromatic nitrogens is 2. The number of hydrogen-bond acceptors (Lipinski definition) is 6. The number of methoxy groups -OCH3 is 2. The number of carbonyl (C=O) groups is 2. The standard InChI is InChI=1S/C23H19N3O5/c1-25-18-13-20(31-3)19(30-2)12-17(18)24-16(23(25)29)9-6-14-4-7-15(8-5-14)26-21(27)10-11-22(26)28/h4-13H,1-3H3/b9-6+. The number of aryl methyl sites for hydroxylation is 1. The second-order valence-electron chi connectivity index (χ2n) is 6.83. The zero-order chi connectivity index (χ0) is 22.1. The largest absolute Gasteiger partial charge is 0.493 e. The smallest absolute Gasteiger partial charge is 0.276 e. The van der Waals surface area contributed by atoms with Crippen LogP contribution in [0.4, 0.5) is 5.69 Å². The number of imide groups is 1. The topological polar surface area (TPSA) is 90.7 Å². The Hall–Kier alpha value is -4.20. The first kappa shape index (κ1) is 20.1. The minimum Gasteiger partial charge on any atom is -0.493 e. The van der Waals surface area contributed by atoms with Crippen molar-refractivity contribution in [3.8, 4) is 11.5 Å². The molecular formula is C23H19N3O5. The average molecular weight is 417 g/mol. The number of carbonyl (C=O) groups excluding carboxylic acids is 2. The molecule has 31 heavy (non-hydrogen) atoms. The molecule has 0 saturated carbocycles. The van der Waals surface area contributed by atoms with E-state index in [-0.39, 0.29) is 23.1 Å². The molecule has 2 aromatic carbocycles. The molecule has 2 amide bonds. The SMILES string of the molecule is COc1cc2nc(/C=C/c3ccc(N4C(=O)C=CC4=O)cc3)c(=O)n(C)c2cc1OC. The molecule has 8 heteroatoms. The first-order valence-electron chi connectivity index (χ1n) is 9.40. The van der Waals surface area contributed by atoms with E-state index in [1.807, 2.05) is 0 Å². The van der Waals surface area contributed by atoms with E-state index in [9.17, 15) is 14.4 Å². The summed E-state index contributed by atoms with van der Waals surface area (Å²) in [4.78, 5) is 41.9. The molecule has 0 N–H and O–H groups in total. The predicted molar refractivity (Wildman–Crippen MR) is 117 cm³/mol. The Bertz CT molecular complexity index is 1300. The Morgan fingerprint density at radius 1 is 0.871 bits per heavy atom. The van der Waals surface area contributed by atoms with E-state index in [1.54, 1.807) is 55.6 Å². The molecule has 0 saturated heterocycles. The summed E-state index contributed by atoms with van der Waals surface area (Å²) in [6.45, 7) is 0. The average Bonchev–Trinajstić information content (AvgIpc) is 3.12. The third-order valence-electron chi connectivity index (χ3n) is 5.00. The number of amides is 2. The molecule has 8 nitrogen and oxygen atoms in total. The van der Waals surface area contributed by atoms with Gasteiger partial charge in [0.15, 0.2) is 11.5 Å². The number of rotatable bonds is 5. The summed E-state index contributed by atoms with van der Waals surface area (Å²) in [5.74, 6) is 0.293. The van der Waals surface area contributed by atoms with Gasteiger partial charge < -0.3 is 14.0 Å². The molecule has 1 aliphatic rings. The summed E-state index contributed by atoms with van der Waals surface area (Å²) >= 11 is 0. The van der Waals surface area contributed by atoms with Crippen LogP contribution in [0.15, 0.2) is 53.3 Å². The Labute approximate surface area is 177 Å². The van der Waals surface area contributed by atoms with E-state index in [0.29, 0.717) is 28.2 Å². The van der Waals surface area contributed by atoms with Crippen LogP contribution in [0.1, 0.15) is 11.3 Å². The molecule has 3 aromatic rings. The highest BCUT2D eigenvalue weighted by Crippen LogP contribution is 2.30. The lowest BCUT2D eigenvalue weighted by atomic mass is 10.1. The third kappa shape index (κ3) is 3.59. The molecule has 2 heterocycles. The van der Waals surface area contributed by atoms with Gasteiger partial charge in [-0.3, -0.25) is 14.4 Å². The first-order valence-corrected chi connectivity index (χ1v) is 9.40. The van der Waals surface area contributed by atoms with Crippen molar-refractivity contribution < 1.29 is 19.1 Å². The summed E-state index contributed by atoms with van der Waals surface area (Å²) in [6.07, 6.45) is 5.84. The van der Waals surface area contributed by atoms with Crippen molar-refractivity contribution in [3.63, 3.8) is 0 Å². The van der Waals surface area contributed by atoms with E-state index < -0.39 is 0 Å². The van der Waals surface area contributed by atoms with Crippen molar-refractivity contribution in [1.29, 1.82) is 0 Å². The Balaban J connectivity index is 1.66. The number of nitrogens with zero attached hydrogens (tertiary/aromatic N) is 3. The Morgan fingerprint density at radius 3 is 2.10 bits per heavy atom. The minimum atomic E-state index is -0.371. The highest BCUT2D eigenvalue weighted by Gasteiger charge is 2.24. The van der Waals surface area contributed by atoms with Crippen molar-refractivity contribution in [2.24, 2.45) is 7.05 Å². The van der Waals surface area contributed by atoms with Gasteiger partial charge in [0.05, 0.1) is 30.9 Å². The molecule has 0 fully saturated rings. The summed E-state index contributed by atoms with van der Waals surface area (Å²) in [6, 6.07) is 10.3. The maximum absolute atomic E-state index is 12.7. The molecule has 0 radical (unpaired) electrons. The van der Waals surface area contributed by atoms with Crippen molar-refractivity contribution >= 4 is 40.7 Å². The van der Waals surface area contributed by atoms with Crippen molar-refractivity contribution in [2.75, 3.05) is 19.1 Å². The van der Waals surface area contributed by atoms with Crippen molar-refractivity contribution in [2.45, 2.75) is 0 Å². The maximum atomic E-state index is 12.7. The highest BCUT2D eigenvalue weighted by molar-refractivity contribution is 6.28. The fourth-order valence-corrected chi connectivity index (χ4v) is 3.35. The van der Waals surface area contributed by atoms with Crippen LogP contribution in [-0.2, 0) is 16.6 Å². The molecule has 1 aliphatic heterocycles. The first-order chi connectivity index (χ1) is 14.9. The van der Waals surface area contributed by atoms with Gasteiger partial charge in [-0.1, -0.05) is 18.2 Å². The van der Waals surface area contributed by atoms with Crippen LogP contribution in [0.2, 0.25) is 0 Å². The molecule has 1 aromatic heterocycles. The van der Waals surface area contributed by atoms with Crippen LogP contribution in [-0.4, -0.2) is 35.6 Å². The third-order valence-corrected chi connectivity index (χ3v) is 5.00. The highest BCUT2D eigenvalue weighted by atomic mass is 16.5. The Kier molecular flexibility index (Phi) is 5.12. The summed E-state index contributed by atoms with van der Waals surface area (Å²) in [5, 5.41) is 0. The zero-order valence-electron chi connectivity index (χ0n) is 17.2. The van der Waals surface area contributed by atoms with Crippen molar-refractivity contribution in [1.82, 2.24) is 9.55 Å². The lowest BCUT2D eigenvalue weighted by Gasteiger charge is -2.13. The molecule has 4 rings (SSSR count). The van der Waals surface area contributed by atoms with E-state index >= 15 is 0 Å². The normalized spacial score (nSPS) is 13.6. The summed E-state index contributed by atoms with van der Waals surface area (Å²) < 4.78 is 12.1. The van der Waals surface area contributed by atoms with Crippen LogP contribution >= 0.6 is 0 Å². The van der Waals surface area contributed by atoms with Crippen LogP contribution < -0.4 is 19.9 Å². The fraction of sp³-hybridized carbons (Fsp3) is 0.130. The van der Waals surface area contributed by atoms with Crippen LogP contribution in [0, 0.1) is 0 Å². The molecule has 0 unspecified atom stereocenters. The van der Waals surface area contributed by atoms with E-state index in [4.69, 9.17) is 9.47 Å². The Morgan fingerprint density at radius 2 is 1.48 bits per heavy atom. The van der Waals surface area contributed by atoms with Gasteiger partial charge in [0.25, 0.3) is 17.4 Å². The van der Waals surface area contributed by atoms with Gasteiger partial charge in [0.1, 0.15) is 5.69 Å². The number of ether oxygens (including phenoxy) is 2. The van der Waals surface area contributed by atoms with Crippen LogP contribution in [0.3, 0.4) is 0 Å². The molecule has 0 atom stereocenters. The minimum absolute atomic E-state index is 0.257. The molecule has 0 aliphatic carbocycles. The molecule has 156 valence electrons. The van der Waals surface area contributed by atoms with Gasteiger partial charge in [-0.2, -0.15) is 0 Å². The number of benzene rings is 2. The van der Waals surface area contributed by atoms with Gasteiger partial charge in [-0.25, -0.2) is 9.88 Å². The molecule has 0 bridgehead atoms. The fourth-order valence-electron chi connectivity index (χ4n) is 3.35. The predicted octanol–water partition coefficient (Wildman–Crippen LogP) is 2.55. The lowest BCUT2D eigenvalue weighted by Crippen LogP contribution is -2.29. The van der Waals surface area contributed by atoms with Gasteiger partial charge in [0, 0.05) is 31.3 Å². The molecule has 0 spiro atoms. The lowest BCUT2D eigenvalue weighted by molar-refractivity contribution is -0.119.